The first-order valence-corrected chi connectivity index (χ1v) is 4.69. The van der Waals surface area contributed by atoms with Gasteiger partial charge in [-0.2, -0.15) is 0 Å². The van der Waals surface area contributed by atoms with Crippen LogP contribution in [0.25, 0.3) is 0 Å². The van der Waals surface area contributed by atoms with Crippen LogP contribution in [0.3, 0.4) is 0 Å². The van der Waals surface area contributed by atoms with Gasteiger partial charge in [-0.3, -0.25) is 0 Å². The summed E-state index contributed by atoms with van der Waals surface area (Å²) in [5, 5.41) is 19.0. The first kappa shape index (κ1) is 9.65. The van der Waals surface area contributed by atoms with Crippen molar-refractivity contribution in [3.63, 3.8) is 0 Å². The van der Waals surface area contributed by atoms with Crippen molar-refractivity contribution in [3.05, 3.63) is 35.4 Å². The van der Waals surface area contributed by atoms with Gasteiger partial charge in [-0.1, -0.05) is 24.3 Å². The van der Waals surface area contributed by atoms with Crippen molar-refractivity contribution in [2.24, 2.45) is 0 Å². The van der Waals surface area contributed by atoms with E-state index < -0.39 is 5.60 Å². The van der Waals surface area contributed by atoms with E-state index in [2.05, 4.69) is 0 Å². The van der Waals surface area contributed by atoms with Gasteiger partial charge in [-0.25, -0.2) is 0 Å². The quantitative estimate of drug-likeness (QED) is 0.699. The molecule has 3 heteroatoms. The number of aliphatic hydroxyl groups excluding tert-OH is 1. The van der Waals surface area contributed by atoms with Crippen molar-refractivity contribution < 1.29 is 14.9 Å². The third-order valence-corrected chi connectivity index (χ3v) is 2.68. The van der Waals surface area contributed by atoms with E-state index in [0.29, 0.717) is 6.61 Å². The van der Waals surface area contributed by atoms with Crippen molar-refractivity contribution in [1.82, 2.24) is 0 Å². The maximum Gasteiger partial charge on any atom is 0.115 e. The Balaban J connectivity index is 2.23. The van der Waals surface area contributed by atoms with Crippen LogP contribution < -0.4 is 0 Å². The van der Waals surface area contributed by atoms with Crippen LogP contribution in [0.4, 0.5) is 0 Å². The molecule has 2 atom stereocenters. The van der Waals surface area contributed by atoms with Gasteiger partial charge in [0.25, 0.3) is 0 Å². The van der Waals surface area contributed by atoms with Gasteiger partial charge in [0.05, 0.1) is 13.2 Å². The Kier molecular flexibility index (Phi) is 2.31. The monoisotopic (exact) mass is 194 g/mol. The second kappa shape index (κ2) is 3.35. The fourth-order valence-corrected chi connectivity index (χ4v) is 1.51. The molecular weight excluding hydrogens is 180 g/mol. The number of aliphatic hydroxyl groups is 2. The summed E-state index contributed by atoms with van der Waals surface area (Å²) in [6.45, 7) is 2.40. The lowest BCUT2D eigenvalue weighted by molar-refractivity contribution is 0.0259. The molecule has 1 aliphatic heterocycles. The van der Waals surface area contributed by atoms with E-state index in [1.165, 1.54) is 0 Å². The molecule has 3 nitrogen and oxygen atoms in total. The van der Waals surface area contributed by atoms with Crippen molar-refractivity contribution in [2.45, 2.75) is 25.2 Å². The fourth-order valence-electron chi connectivity index (χ4n) is 1.51. The average molecular weight is 194 g/mol. The third-order valence-electron chi connectivity index (χ3n) is 2.68. The molecule has 0 saturated carbocycles. The molecule has 2 N–H and O–H groups in total. The number of hydrogen-bond acceptors (Lipinski definition) is 3. The summed E-state index contributed by atoms with van der Waals surface area (Å²) in [5.41, 5.74) is 0.770. The fraction of sp³-hybridized carbons (Fsp3) is 0.455. The lowest BCUT2D eigenvalue weighted by Gasteiger charge is -2.21. The highest BCUT2D eigenvalue weighted by Crippen LogP contribution is 2.33. The molecule has 1 aromatic rings. The maximum atomic E-state index is 10.1. The Bertz CT molecular complexity index is 312. The number of benzene rings is 1. The Hall–Kier alpha value is -0.900. The van der Waals surface area contributed by atoms with Gasteiger partial charge < -0.3 is 14.9 Å². The normalized spacial score (nSPS) is 24.4. The van der Waals surface area contributed by atoms with Crippen LogP contribution in [0.1, 0.15) is 18.1 Å². The Morgan fingerprint density at radius 3 is 2.43 bits per heavy atom. The molecule has 1 unspecified atom stereocenters. The molecule has 0 aromatic heterocycles. The zero-order valence-electron chi connectivity index (χ0n) is 8.10. The predicted molar refractivity (Wildman–Crippen MR) is 51.7 cm³/mol. The summed E-state index contributed by atoms with van der Waals surface area (Å²) in [5.74, 6) is 0. The Morgan fingerprint density at radius 2 is 2.00 bits per heavy atom. The topological polar surface area (TPSA) is 53.0 Å². The summed E-state index contributed by atoms with van der Waals surface area (Å²) >= 11 is 0. The Labute approximate surface area is 83.0 Å². The summed E-state index contributed by atoms with van der Waals surface area (Å²) < 4.78 is 5.08. The molecule has 0 aliphatic carbocycles. The zero-order valence-corrected chi connectivity index (χ0v) is 8.10. The lowest BCUT2D eigenvalue weighted by atomic mass is 9.92. The Morgan fingerprint density at radius 1 is 1.43 bits per heavy atom. The smallest absolute Gasteiger partial charge is 0.115 e. The van der Waals surface area contributed by atoms with Gasteiger partial charge in [0.2, 0.25) is 0 Å². The van der Waals surface area contributed by atoms with Gasteiger partial charge in [-0.05, 0) is 18.1 Å². The highest BCUT2D eigenvalue weighted by atomic mass is 16.6. The van der Waals surface area contributed by atoms with Crippen LogP contribution in [-0.4, -0.2) is 22.9 Å². The van der Waals surface area contributed by atoms with Crippen LogP contribution in [0, 0.1) is 0 Å². The molecule has 0 spiro atoms. The van der Waals surface area contributed by atoms with Crippen LogP contribution in [0.2, 0.25) is 0 Å². The van der Waals surface area contributed by atoms with E-state index in [1.807, 2.05) is 24.3 Å². The van der Waals surface area contributed by atoms with Crippen molar-refractivity contribution >= 4 is 0 Å². The minimum absolute atomic E-state index is 0.0301. The lowest BCUT2D eigenvalue weighted by Crippen LogP contribution is -2.28. The summed E-state index contributed by atoms with van der Waals surface area (Å²) in [6, 6.07) is 7.28. The van der Waals surface area contributed by atoms with Gasteiger partial charge >= 0.3 is 0 Å². The van der Waals surface area contributed by atoms with E-state index in [1.54, 1.807) is 6.92 Å². The van der Waals surface area contributed by atoms with Crippen LogP contribution in [0.15, 0.2) is 24.3 Å². The molecule has 1 heterocycles. The van der Waals surface area contributed by atoms with Crippen LogP contribution in [-0.2, 0) is 16.9 Å². The van der Waals surface area contributed by atoms with Crippen molar-refractivity contribution in [3.8, 4) is 0 Å². The zero-order chi connectivity index (χ0) is 10.2. The van der Waals surface area contributed by atoms with Gasteiger partial charge in [0.1, 0.15) is 11.7 Å². The number of rotatable bonds is 3. The third kappa shape index (κ3) is 1.66. The second-order valence-electron chi connectivity index (χ2n) is 3.82. The molecule has 14 heavy (non-hydrogen) atoms. The SMILES string of the molecule is C[C@@](O)(c1ccc(CO)cc1)C1CO1. The molecule has 1 aliphatic rings. The standard InChI is InChI=1S/C11H14O3/c1-11(13,10-7-14-10)9-4-2-8(6-12)3-5-9/h2-5,10,12-13H,6-7H2,1H3/t10?,11-/m1/s1. The molecule has 0 amide bonds. The first-order chi connectivity index (χ1) is 6.64. The van der Waals surface area contributed by atoms with E-state index in [9.17, 15) is 5.11 Å². The molecular formula is C11H14O3. The van der Waals surface area contributed by atoms with Crippen LogP contribution in [0.5, 0.6) is 0 Å². The minimum Gasteiger partial charge on any atom is -0.392 e. The minimum atomic E-state index is -0.909. The second-order valence-corrected chi connectivity index (χ2v) is 3.82. The molecule has 1 fully saturated rings. The van der Waals surface area contributed by atoms with Crippen molar-refractivity contribution in [2.75, 3.05) is 6.61 Å². The molecule has 1 aromatic carbocycles. The first-order valence-electron chi connectivity index (χ1n) is 4.69. The summed E-state index contributed by atoms with van der Waals surface area (Å²) in [6.07, 6.45) is -0.0810. The van der Waals surface area contributed by atoms with Crippen LogP contribution >= 0.6 is 0 Å². The van der Waals surface area contributed by atoms with E-state index in [4.69, 9.17) is 9.84 Å². The predicted octanol–water partition coefficient (Wildman–Crippen LogP) is 0.785. The largest absolute Gasteiger partial charge is 0.392 e. The van der Waals surface area contributed by atoms with E-state index >= 15 is 0 Å². The average Bonchev–Trinajstić information content (AvgIpc) is 3.01. The molecule has 1 saturated heterocycles. The molecule has 0 bridgehead atoms. The van der Waals surface area contributed by atoms with Gasteiger partial charge in [0, 0.05) is 0 Å². The van der Waals surface area contributed by atoms with Gasteiger partial charge in [-0.15, -0.1) is 0 Å². The van der Waals surface area contributed by atoms with Crippen molar-refractivity contribution in [1.29, 1.82) is 0 Å². The van der Waals surface area contributed by atoms with E-state index in [-0.39, 0.29) is 12.7 Å². The maximum absolute atomic E-state index is 10.1. The highest BCUT2D eigenvalue weighted by molar-refractivity contribution is 5.28. The highest BCUT2D eigenvalue weighted by Gasteiger charge is 2.42. The van der Waals surface area contributed by atoms with Gasteiger partial charge in [0.15, 0.2) is 0 Å². The number of ether oxygens (including phenoxy) is 1. The number of epoxide rings is 1. The summed E-state index contributed by atoms with van der Waals surface area (Å²) in [7, 11) is 0. The summed E-state index contributed by atoms with van der Waals surface area (Å²) in [4.78, 5) is 0. The molecule has 0 radical (unpaired) electrons. The number of hydrogen-bond donors (Lipinski definition) is 2. The molecule has 76 valence electrons. The molecule has 2 rings (SSSR count). The van der Waals surface area contributed by atoms with E-state index in [0.717, 1.165) is 11.1 Å².